The van der Waals surface area contributed by atoms with E-state index in [2.05, 4.69) is 22.3 Å². The van der Waals surface area contributed by atoms with Crippen LogP contribution in [0.15, 0.2) is 42.5 Å². The topological polar surface area (TPSA) is 67.4 Å². The van der Waals surface area contributed by atoms with Crippen molar-refractivity contribution in [3.63, 3.8) is 0 Å². The number of aromatic amines is 1. The summed E-state index contributed by atoms with van der Waals surface area (Å²) in [5.41, 5.74) is 3.16. The number of aliphatic hydroxyl groups is 1. The van der Waals surface area contributed by atoms with Gasteiger partial charge in [-0.15, -0.1) is 0 Å². The lowest BCUT2D eigenvalue weighted by atomic mass is 9.98. The Bertz CT molecular complexity index is 905. The Morgan fingerprint density at radius 1 is 1.26 bits per heavy atom. The van der Waals surface area contributed by atoms with Gasteiger partial charge in [0.25, 0.3) is 0 Å². The molecule has 5 heteroatoms. The van der Waals surface area contributed by atoms with E-state index in [4.69, 9.17) is 9.47 Å². The molecule has 3 aromatic rings. The van der Waals surface area contributed by atoms with Crippen molar-refractivity contribution < 1.29 is 14.6 Å². The van der Waals surface area contributed by atoms with Gasteiger partial charge in [-0.2, -0.15) is 5.10 Å². The summed E-state index contributed by atoms with van der Waals surface area (Å²) in [4.78, 5) is 0. The molecule has 1 aliphatic rings. The average molecular weight is 366 g/mol. The SMILES string of the molecule is Cc1[nH]nc2cccc(OC[C@@H](O)CCCC3CCc4ccccc4O3)c12. The Hall–Kier alpha value is -2.53. The second kappa shape index (κ2) is 8.01. The Morgan fingerprint density at radius 2 is 2.15 bits per heavy atom. The standard InChI is InChI=1S/C22H26N2O3/c1-15-22-19(24-23-15)9-5-11-21(22)26-14-17(25)7-4-8-18-13-12-16-6-2-3-10-20(16)27-18/h2-3,5-6,9-11,17-18,25H,4,7-8,12-14H2,1H3,(H,23,24)/t17-,18?/m0/s1. The van der Waals surface area contributed by atoms with Crippen LogP contribution in [0.5, 0.6) is 11.5 Å². The lowest BCUT2D eigenvalue weighted by molar-refractivity contribution is 0.0913. The Labute approximate surface area is 159 Å². The summed E-state index contributed by atoms with van der Waals surface area (Å²) in [6.45, 7) is 2.26. The minimum absolute atomic E-state index is 0.246. The van der Waals surface area contributed by atoms with Crippen molar-refractivity contribution in [2.24, 2.45) is 0 Å². The molecule has 5 nitrogen and oxygen atoms in total. The largest absolute Gasteiger partial charge is 0.490 e. The maximum absolute atomic E-state index is 10.3. The number of nitrogens with one attached hydrogen (secondary N) is 1. The predicted molar refractivity (Wildman–Crippen MR) is 105 cm³/mol. The van der Waals surface area contributed by atoms with E-state index in [1.807, 2.05) is 37.3 Å². The van der Waals surface area contributed by atoms with Gasteiger partial charge >= 0.3 is 0 Å². The van der Waals surface area contributed by atoms with Gasteiger partial charge in [-0.05, 0) is 62.8 Å². The van der Waals surface area contributed by atoms with Gasteiger partial charge < -0.3 is 14.6 Å². The van der Waals surface area contributed by atoms with Crippen LogP contribution in [0.2, 0.25) is 0 Å². The van der Waals surface area contributed by atoms with Gasteiger partial charge in [-0.1, -0.05) is 24.3 Å². The monoisotopic (exact) mass is 366 g/mol. The zero-order valence-corrected chi connectivity index (χ0v) is 15.6. The van der Waals surface area contributed by atoms with Gasteiger partial charge in [-0.25, -0.2) is 0 Å². The van der Waals surface area contributed by atoms with Gasteiger partial charge in [-0.3, -0.25) is 5.10 Å². The first-order valence-electron chi connectivity index (χ1n) is 9.70. The van der Waals surface area contributed by atoms with Crippen molar-refractivity contribution in [1.29, 1.82) is 0 Å². The first kappa shape index (κ1) is 17.9. The molecular weight excluding hydrogens is 340 g/mol. The molecule has 2 heterocycles. The summed E-state index contributed by atoms with van der Waals surface area (Å²) >= 11 is 0. The smallest absolute Gasteiger partial charge is 0.130 e. The minimum atomic E-state index is -0.483. The van der Waals surface area contributed by atoms with Crippen molar-refractivity contribution in [3.05, 3.63) is 53.7 Å². The van der Waals surface area contributed by atoms with Gasteiger partial charge in [0, 0.05) is 5.69 Å². The van der Waals surface area contributed by atoms with E-state index in [0.717, 1.165) is 53.8 Å². The zero-order valence-electron chi connectivity index (χ0n) is 15.6. The summed E-state index contributed by atoms with van der Waals surface area (Å²) in [5.74, 6) is 1.78. The highest BCUT2D eigenvalue weighted by Gasteiger charge is 2.19. The van der Waals surface area contributed by atoms with E-state index in [-0.39, 0.29) is 12.7 Å². The number of para-hydroxylation sites is 1. The van der Waals surface area contributed by atoms with E-state index in [0.29, 0.717) is 6.42 Å². The molecule has 2 atom stereocenters. The lowest BCUT2D eigenvalue weighted by Gasteiger charge is -2.26. The minimum Gasteiger partial charge on any atom is -0.490 e. The molecule has 0 spiro atoms. The number of hydrogen-bond donors (Lipinski definition) is 2. The van der Waals surface area contributed by atoms with Crippen LogP contribution in [-0.2, 0) is 6.42 Å². The fraction of sp³-hybridized carbons (Fsp3) is 0.409. The maximum atomic E-state index is 10.3. The highest BCUT2D eigenvalue weighted by molar-refractivity contribution is 5.87. The van der Waals surface area contributed by atoms with Crippen LogP contribution < -0.4 is 9.47 Å². The van der Waals surface area contributed by atoms with Crippen LogP contribution in [0, 0.1) is 6.92 Å². The Balaban J connectivity index is 1.23. The van der Waals surface area contributed by atoms with E-state index in [9.17, 15) is 5.11 Å². The van der Waals surface area contributed by atoms with E-state index in [1.54, 1.807) is 0 Å². The molecule has 1 aromatic heterocycles. The first-order chi connectivity index (χ1) is 13.2. The number of ether oxygens (including phenoxy) is 2. The van der Waals surface area contributed by atoms with Crippen molar-refractivity contribution >= 4 is 10.9 Å². The summed E-state index contributed by atoms with van der Waals surface area (Å²) in [6, 6.07) is 14.0. The quantitative estimate of drug-likeness (QED) is 0.658. The van der Waals surface area contributed by atoms with E-state index in [1.165, 1.54) is 5.56 Å². The molecule has 142 valence electrons. The summed E-state index contributed by atoms with van der Waals surface area (Å²) < 4.78 is 11.9. The molecule has 27 heavy (non-hydrogen) atoms. The number of H-pyrrole nitrogens is 1. The fourth-order valence-corrected chi connectivity index (χ4v) is 3.74. The Kier molecular flexibility index (Phi) is 5.30. The molecule has 4 rings (SSSR count). The molecule has 0 fully saturated rings. The second-order valence-corrected chi connectivity index (χ2v) is 7.28. The summed E-state index contributed by atoms with van der Waals surface area (Å²) in [6.07, 6.45) is 4.47. The predicted octanol–water partition coefficient (Wildman–Crippen LogP) is 4.18. The van der Waals surface area contributed by atoms with Crippen LogP contribution in [0.1, 0.15) is 36.9 Å². The van der Waals surface area contributed by atoms with Crippen molar-refractivity contribution in [1.82, 2.24) is 10.2 Å². The summed E-state index contributed by atoms with van der Waals surface area (Å²) in [7, 11) is 0. The van der Waals surface area contributed by atoms with Crippen molar-refractivity contribution in [2.75, 3.05) is 6.61 Å². The van der Waals surface area contributed by atoms with Crippen LogP contribution in [0.4, 0.5) is 0 Å². The molecule has 1 aliphatic heterocycles. The zero-order chi connectivity index (χ0) is 18.6. The number of nitrogens with zero attached hydrogens (tertiary/aromatic N) is 1. The molecule has 0 aliphatic carbocycles. The molecule has 0 saturated heterocycles. The fourth-order valence-electron chi connectivity index (χ4n) is 3.74. The van der Waals surface area contributed by atoms with Gasteiger partial charge in [0.15, 0.2) is 0 Å². The first-order valence-corrected chi connectivity index (χ1v) is 9.70. The summed E-state index contributed by atoms with van der Waals surface area (Å²) in [5, 5.41) is 18.5. The maximum Gasteiger partial charge on any atom is 0.130 e. The lowest BCUT2D eigenvalue weighted by Crippen LogP contribution is -2.24. The molecule has 1 unspecified atom stereocenters. The number of aryl methyl sites for hydroxylation is 2. The average Bonchev–Trinajstić information content (AvgIpc) is 3.08. The molecule has 2 aromatic carbocycles. The normalized spacial score (nSPS) is 17.3. The Morgan fingerprint density at radius 3 is 3.07 bits per heavy atom. The van der Waals surface area contributed by atoms with E-state index >= 15 is 0 Å². The highest BCUT2D eigenvalue weighted by atomic mass is 16.5. The number of fused-ring (bicyclic) bond motifs is 2. The molecule has 0 amide bonds. The van der Waals surface area contributed by atoms with Gasteiger partial charge in [0.1, 0.15) is 18.1 Å². The van der Waals surface area contributed by atoms with Crippen LogP contribution in [-0.4, -0.2) is 34.1 Å². The number of aromatic nitrogens is 2. The second-order valence-electron chi connectivity index (χ2n) is 7.28. The molecule has 0 bridgehead atoms. The number of benzene rings is 2. The molecule has 0 saturated carbocycles. The number of aliphatic hydroxyl groups excluding tert-OH is 1. The van der Waals surface area contributed by atoms with Crippen LogP contribution >= 0.6 is 0 Å². The van der Waals surface area contributed by atoms with Gasteiger partial charge in [0.2, 0.25) is 0 Å². The van der Waals surface area contributed by atoms with Crippen LogP contribution in [0.25, 0.3) is 10.9 Å². The van der Waals surface area contributed by atoms with Crippen LogP contribution in [0.3, 0.4) is 0 Å². The van der Waals surface area contributed by atoms with Crippen molar-refractivity contribution in [2.45, 2.75) is 51.2 Å². The third kappa shape index (κ3) is 4.08. The molecular formula is C22H26N2O3. The van der Waals surface area contributed by atoms with E-state index < -0.39 is 6.10 Å². The number of hydrogen-bond acceptors (Lipinski definition) is 4. The molecule has 2 N–H and O–H groups in total. The molecule has 0 radical (unpaired) electrons. The third-order valence-electron chi connectivity index (χ3n) is 5.22. The van der Waals surface area contributed by atoms with Gasteiger partial charge in [0.05, 0.1) is 23.1 Å². The highest BCUT2D eigenvalue weighted by Crippen LogP contribution is 2.29. The number of rotatable bonds is 7. The van der Waals surface area contributed by atoms with Crippen molar-refractivity contribution in [3.8, 4) is 11.5 Å². The third-order valence-corrected chi connectivity index (χ3v) is 5.22.